The van der Waals surface area contributed by atoms with Crippen LogP contribution in [0.3, 0.4) is 0 Å². The SMILES string of the molecule is CN=C(NCCN1CCCN(C)CC1)NC1CCN(c2ccccc2OC)C1. The molecule has 0 radical (unpaired) electrons. The third-order valence-electron chi connectivity index (χ3n) is 5.71. The van der Waals surface area contributed by atoms with Crippen LogP contribution in [0.4, 0.5) is 5.69 Å². The van der Waals surface area contributed by atoms with E-state index in [1.807, 2.05) is 19.2 Å². The Hall–Kier alpha value is -1.99. The van der Waals surface area contributed by atoms with Crippen LogP contribution in [0, 0.1) is 0 Å². The quantitative estimate of drug-likeness (QED) is 0.562. The number of nitrogens with one attached hydrogen (secondary N) is 2. The van der Waals surface area contributed by atoms with Gasteiger partial charge in [-0.15, -0.1) is 0 Å². The number of para-hydroxylation sites is 2. The van der Waals surface area contributed by atoms with Crippen molar-refractivity contribution in [2.45, 2.75) is 18.9 Å². The molecule has 2 fully saturated rings. The lowest BCUT2D eigenvalue weighted by Crippen LogP contribution is -2.46. The van der Waals surface area contributed by atoms with E-state index in [4.69, 9.17) is 4.74 Å². The normalized spacial score (nSPS) is 22.2. The summed E-state index contributed by atoms with van der Waals surface area (Å²) in [6.07, 6.45) is 2.35. The van der Waals surface area contributed by atoms with Gasteiger partial charge in [0, 0.05) is 52.4 Å². The van der Waals surface area contributed by atoms with Gasteiger partial charge in [-0.2, -0.15) is 0 Å². The molecule has 1 atom stereocenters. The van der Waals surface area contributed by atoms with Crippen molar-refractivity contribution in [3.63, 3.8) is 0 Å². The van der Waals surface area contributed by atoms with E-state index < -0.39 is 0 Å². The third-order valence-corrected chi connectivity index (χ3v) is 5.71. The van der Waals surface area contributed by atoms with Crippen LogP contribution in [0.1, 0.15) is 12.8 Å². The Balaban J connectivity index is 1.43. The minimum absolute atomic E-state index is 0.392. The molecule has 0 aromatic heterocycles. The molecule has 2 aliphatic heterocycles. The van der Waals surface area contributed by atoms with Gasteiger partial charge in [0.05, 0.1) is 12.8 Å². The summed E-state index contributed by atoms with van der Waals surface area (Å²) in [6, 6.07) is 8.63. The fourth-order valence-electron chi connectivity index (χ4n) is 4.03. The van der Waals surface area contributed by atoms with Gasteiger partial charge in [-0.1, -0.05) is 12.1 Å². The van der Waals surface area contributed by atoms with Crippen LogP contribution in [0.15, 0.2) is 29.3 Å². The molecule has 1 unspecified atom stereocenters. The van der Waals surface area contributed by atoms with Crippen molar-refractivity contribution in [2.24, 2.45) is 4.99 Å². The van der Waals surface area contributed by atoms with Gasteiger partial charge in [-0.25, -0.2) is 0 Å². The number of hydrogen-bond donors (Lipinski definition) is 2. The summed E-state index contributed by atoms with van der Waals surface area (Å²) in [5, 5.41) is 7.08. The Kier molecular flexibility index (Phi) is 7.80. The predicted molar refractivity (Wildman–Crippen MR) is 117 cm³/mol. The second-order valence-corrected chi connectivity index (χ2v) is 7.75. The van der Waals surface area contributed by atoms with Crippen LogP contribution in [0.5, 0.6) is 5.75 Å². The molecule has 2 N–H and O–H groups in total. The van der Waals surface area contributed by atoms with Gasteiger partial charge in [-0.05, 0) is 45.1 Å². The predicted octanol–water partition coefficient (Wildman–Crippen LogP) is 1.08. The molecule has 2 heterocycles. The molecule has 0 saturated carbocycles. The molecule has 7 heteroatoms. The number of methoxy groups -OCH3 is 1. The summed E-state index contributed by atoms with van der Waals surface area (Å²) >= 11 is 0. The van der Waals surface area contributed by atoms with Crippen LogP contribution in [-0.4, -0.2) is 95.4 Å². The van der Waals surface area contributed by atoms with Crippen LogP contribution < -0.4 is 20.3 Å². The van der Waals surface area contributed by atoms with Gasteiger partial charge >= 0.3 is 0 Å². The van der Waals surface area contributed by atoms with Gasteiger partial charge in [0.25, 0.3) is 0 Å². The summed E-state index contributed by atoms with van der Waals surface area (Å²) < 4.78 is 5.52. The number of anilines is 1. The monoisotopic (exact) mass is 388 g/mol. The van der Waals surface area contributed by atoms with Gasteiger partial charge in [0.15, 0.2) is 5.96 Å². The second kappa shape index (κ2) is 10.5. The summed E-state index contributed by atoms with van der Waals surface area (Å²) in [7, 11) is 5.80. The van der Waals surface area contributed by atoms with Crippen LogP contribution in [-0.2, 0) is 0 Å². The van der Waals surface area contributed by atoms with E-state index in [1.54, 1.807) is 7.11 Å². The molecule has 0 aliphatic carbocycles. The highest BCUT2D eigenvalue weighted by Crippen LogP contribution is 2.30. The largest absolute Gasteiger partial charge is 0.495 e. The first-order valence-corrected chi connectivity index (χ1v) is 10.5. The van der Waals surface area contributed by atoms with Gasteiger partial charge in [0.2, 0.25) is 0 Å². The van der Waals surface area contributed by atoms with Gasteiger partial charge in [-0.3, -0.25) is 4.99 Å². The van der Waals surface area contributed by atoms with E-state index in [1.165, 1.54) is 25.2 Å². The van der Waals surface area contributed by atoms with Crippen molar-refractivity contribution >= 4 is 11.6 Å². The van der Waals surface area contributed by atoms with E-state index in [0.717, 1.165) is 57.4 Å². The minimum Gasteiger partial charge on any atom is -0.495 e. The van der Waals surface area contributed by atoms with E-state index in [9.17, 15) is 0 Å². The topological polar surface area (TPSA) is 55.4 Å². The standard InChI is InChI=1S/C21H36N6O/c1-22-21(23-10-14-26-12-6-11-25(2)15-16-26)24-18-9-13-27(17-18)19-7-4-5-8-20(19)28-3/h4-5,7-8,18H,6,9-17H2,1-3H3,(H2,22,23,24). The number of guanidine groups is 1. The van der Waals surface area contributed by atoms with E-state index in [-0.39, 0.29) is 0 Å². The summed E-state index contributed by atoms with van der Waals surface area (Å²) in [5.74, 6) is 1.84. The Morgan fingerprint density at radius 1 is 1.18 bits per heavy atom. The van der Waals surface area contributed by atoms with E-state index in [2.05, 4.69) is 49.5 Å². The summed E-state index contributed by atoms with van der Waals surface area (Å²) in [5.41, 5.74) is 1.17. The average molecular weight is 389 g/mol. The lowest BCUT2D eigenvalue weighted by atomic mass is 10.2. The van der Waals surface area contributed by atoms with Crippen LogP contribution >= 0.6 is 0 Å². The molecule has 2 saturated heterocycles. The van der Waals surface area contributed by atoms with Gasteiger partial charge in [0.1, 0.15) is 5.75 Å². The Bertz CT molecular complexity index is 637. The van der Waals surface area contributed by atoms with Crippen LogP contribution in [0.25, 0.3) is 0 Å². The third kappa shape index (κ3) is 5.75. The maximum atomic E-state index is 5.52. The number of hydrogen-bond acceptors (Lipinski definition) is 5. The van der Waals surface area contributed by atoms with Crippen molar-refractivity contribution in [3.05, 3.63) is 24.3 Å². The Labute approximate surface area is 169 Å². The lowest BCUT2D eigenvalue weighted by molar-refractivity contribution is 0.280. The van der Waals surface area contributed by atoms with Crippen molar-refractivity contribution in [1.82, 2.24) is 20.4 Å². The number of ether oxygens (including phenoxy) is 1. The smallest absolute Gasteiger partial charge is 0.191 e. The number of benzene rings is 1. The molecule has 1 aromatic carbocycles. The summed E-state index contributed by atoms with van der Waals surface area (Å²) in [6.45, 7) is 8.68. The Morgan fingerprint density at radius 2 is 2.04 bits per heavy atom. The van der Waals surface area contributed by atoms with Crippen molar-refractivity contribution < 1.29 is 4.74 Å². The zero-order chi connectivity index (χ0) is 19.8. The number of likely N-dealkylation sites (N-methyl/N-ethyl adjacent to an activating group) is 1. The Morgan fingerprint density at radius 3 is 2.86 bits per heavy atom. The zero-order valence-corrected chi connectivity index (χ0v) is 17.7. The number of aliphatic imine (C=N–C) groups is 1. The lowest BCUT2D eigenvalue weighted by Gasteiger charge is -2.23. The molecule has 156 valence electrons. The number of rotatable bonds is 6. The fraction of sp³-hybridized carbons (Fsp3) is 0.667. The molecular formula is C21H36N6O. The highest BCUT2D eigenvalue weighted by atomic mass is 16.5. The highest BCUT2D eigenvalue weighted by Gasteiger charge is 2.25. The molecule has 0 amide bonds. The molecule has 28 heavy (non-hydrogen) atoms. The maximum absolute atomic E-state index is 5.52. The van der Waals surface area contributed by atoms with Crippen LogP contribution in [0.2, 0.25) is 0 Å². The fourth-order valence-corrected chi connectivity index (χ4v) is 4.03. The highest BCUT2D eigenvalue weighted by molar-refractivity contribution is 5.80. The molecule has 3 rings (SSSR count). The summed E-state index contributed by atoms with van der Waals surface area (Å²) in [4.78, 5) is 11.8. The minimum atomic E-state index is 0.392. The number of nitrogens with zero attached hydrogens (tertiary/aromatic N) is 4. The molecule has 0 spiro atoms. The van der Waals surface area contributed by atoms with Gasteiger partial charge < -0.3 is 30.1 Å². The second-order valence-electron chi connectivity index (χ2n) is 7.75. The molecule has 0 bridgehead atoms. The maximum Gasteiger partial charge on any atom is 0.191 e. The van der Waals surface area contributed by atoms with E-state index in [0.29, 0.717) is 6.04 Å². The van der Waals surface area contributed by atoms with Crippen molar-refractivity contribution in [2.75, 3.05) is 78.5 Å². The molecule has 7 nitrogen and oxygen atoms in total. The van der Waals surface area contributed by atoms with Crippen molar-refractivity contribution in [3.8, 4) is 5.75 Å². The average Bonchev–Trinajstić information content (AvgIpc) is 3.09. The zero-order valence-electron chi connectivity index (χ0n) is 17.7. The molecule has 1 aromatic rings. The first-order chi connectivity index (χ1) is 13.7. The molecular weight excluding hydrogens is 352 g/mol. The first kappa shape index (κ1) is 20.7. The molecule has 2 aliphatic rings. The van der Waals surface area contributed by atoms with E-state index >= 15 is 0 Å². The first-order valence-electron chi connectivity index (χ1n) is 10.5. The van der Waals surface area contributed by atoms with Crippen molar-refractivity contribution in [1.29, 1.82) is 0 Å².